The topological polar surface area (TPSA) is 21.3 Å². The molecule has 1 N–H and O–H groups in total. The van der Waals surface area contributed by atoms with Gasteiger partial charge in [0, 0.05) is 19.2 Å². The van der Waals surface area contributed by atoms with E-state index in [1.807, 2.05) is 0 Å². The van der Waals surface area contributed by atoms with Gasteiger partial charge in [0.25, 0.3) is 0 Å². The molecule has 0 amide bonds. The van der Waals surface area contributed by atoms with Crippen molar-refractivity contribution in [2.75, 3.05) is 13.2 Å². The first-order valence-corrected chi connectivity index (χ1v) is 7.46. The molecule has 0 aliphatic heterocycles. The molecule has 1 aromatic rings. The lowest BCUT2D eigenvalue weighted by molar-refractivity contribution is -0.0111. The van der Waals surface area contributed by atoms with E-state index in [0.717, 1.165) is 19.1 Å². The summed E-state index contributed by atoms with van der Waals surface area (Å²) in [5, 5.41) is 3.72. The van der Waals surface area contributed by atoms with Gasteiger partial charge < -0.3 is 10.1 Å². The van der Waals surface area contributed by atoms with Gasteiger partial charge in [0.15, 0.2) is 0 Å². The molecule has 0 saturated heterocycles. The summed E-state index contributed by atoms with van der Waals surface area (Å²) in [7, 11) is 0. The predicted octanol–water partition coefficient (Wildman–Crippen LogP) is 3.85. The van der Waals surface area contributed by atoms with Crippen molar-refractivity contribution < 1.29 is 4.74 Å². The Morgan fingerprint density at radius 2 is 1.89 bits per heavy atom. The molecule has 0 radical (unpaired) electrons. The van der Waals surface area contributed by atoms with E-state index in [9.17, 15) is 0 Å². The fourth-order valence-electron chi connectivity index (χ4n) is 2.56. The van der Waals surface area contributed by atoms with Crippen LogP contribution in [-0.4, -0.2) is 18.8 Å². The molecular formula is C17H27NO. The van der Waals surface area contributed by atoms with Crippen LogP contribution in [0.2, 0.25) is 0 Å². The smallest absolute Gasteiger partial charge is 0.0750 e. The first kappa shape index (κ1) is 14.5. The highest BCUT2D eigenvalue weighted by Crippen LogP contribution is 2.41. The summed E-state index contributed by atoms with van der Waals surface area (Å²) in [6.07, 6.45) is 2.70. The third-order valence-electron chi connectivity index (χ3n) is 3.81. The maximum atomic E-state index is 5.77. The zero-order valence-corrected chi connectivity index (χ0v) is 12.7. The third kappa shape index (κ3) is 4.32. The third-order valence-corrected chi connectivity index (χ3v) is 3.81. The minimum Gasteiger partial charge on any atom is -0.375 e. The van der Waals surface area contributed by atoms with Crippen LogP contribution in [0.3, 0.4) is 0 Å². The normalized spacial score (nSPS) is 17.5. The van der Waals surface area contributed by atoms with Crippen molar-refractivity contribution in [2.45, 2.75) is 52.2 Å². The van der Waals surface area contributed by atoms with Gasteiger partial charge in [-0.15, -0.1) is 0 Å². The van der Waals surface area contributed by atoms with Crippen LogP contribution in [0, 0.1) is 12.8 Å². The Morgan fingerprint density at radius 1 is 1.26 bits per heavy atom. The second-order valence-corrected chi connectivity index (χ2v) is 6.30. The molecule has 0 bridgehead atoms. The second-order valence-electron chi connectivity index (χ2n) is 6.30. The highest BCUT2D eigenvalue weighted by Gasteiger charge is 2.33. The largest absolute Gasteiger partial charge is 0.375 e. The van der Waals surface area contributed by atoms with E-state index >= 15 is 0 Å². The van der Waals surface area contributed by atoms with Crippen LogP contribution in [0.1, 0.15) is 50.8 Å². The van der Waals surface area contributed by atoms with E-state index in [4.69, 9.17) is 4.74 Å². The number of nitrogens with one attached hydrogen (secondary N) is 1. The second kappa shape index (κ2) is 6.06. The molecule has 1 aromatic carbocycles. The minimum atomic E-state index is -0.0907. The predicted molar refractivity (Wildman–Crippen MR) is 80.4 cm³/mol. The van der Waals surface area contributed by atoms with Crippen LogP contribution in [-0.2, 0) is 4.74 Å². The highest BCUT2D eigenvalue weighted by atomic mass is 16.5. The van der Waals surface area contributed by atoms with Gasteiger partial charge in [0.05, 0.1) is 5.60 Å². The number of hydrogen-bond acceptors (Lipinski definition) is 2. The zero-order valence-electron chi connectivity index (χ0n) is 12.7. The van der Waals surface area contributed by atoms with Crippen molar-refractivity contribution in [3.63, 3.8) is 0 Å². The molecule has 1 atom stereocenters. The van der Waals surface area contributed by atoms with Gasteiger partial charge in [0.1, 0.15) is 0 Å². The van der Waals surface area contributed by atoms with Crippen LogP contribution in [0.25, 0.3) is 0 Å². The molecule has 19 heavy (non-hydrogen) atoms. The Kier molecular flexibility index (Phi) is 4.64. The van der Waals surface area contributed by atoms with Gasteiger partial charge in [-0.2, -0.15) is 0 Å². The first-order chi connectivity index (χ1) is 9.02. The molecule has 1 aliphatic rings. The van der Waals surface area contributed by atoms with Gasteiger partial charge in [-0.3, -0.25) is 0 Å². The summed E-state index contributed by atoms with van der Waals surface area (Å²) < 4.78 is 5.77. The number of benzene rings is 1. The molecule has 2 rings (SSSR count). The summed E-state index contributed by atoms with van der Waals surface area (Å²) >= 11 is 0. The fourth-order valence-corrected chi connectivity index (χ4v) is 2.56. The van der Waals surface area contributed by atoms with E-state index in [2.05, 4.69) is 57.3 Å². The molecular weight excluding hydrogens is 234 g/mol. The standard InChI is InChI=1S/C17H27NO/c1-5-19-17(3,4)12-18-16(15-10-11-15)14-8-6-13(2)7-9-14/h6-9,15-16,18H,5,10-12H2,1-4H3. The molecule has 1 aliphatic carbocycles. The van der Waals surface area contributed by atoms with Crippen molar-refractivity contribution in [3.05, 3.63) is 35.4 Å². The Hall–Kier alpha value is -0.860. The van der Waals surface area contributed by atoms with E-state index in [1.54, 1.807) is 0 Å². The van der Waals surface area contributed by atoms with Crippen LogP contribution >= 0.6 is 0 Å². The molecule has 2 nitrogen and oxygen atoms in total. The van der Waals surface area contributed by atoms with Crippen LogP contribution in [0.4, 0.5) is 0 Å². The summed E-state index contributed by atoms with van der Waals surface area (Å²) in [6.45, 7) is 10.2. The molecule has 1 saturated carbocycles. The lowest BCUT2D eigenvalue weighted by Crippen LogP contribution is -2.40. The van der Waals surface area contributed by atoms with E-state index in [1.165, 1.54) is 24.0 Å². The summed E-state index contributed by atoms with van der Waals surface area (Å²) in [6, 6.07) is 9.43. The molecule has 1 fully saturated rings. The SMILES string of the molecule is CCOC(C)(C)CNC(c1ccc(C)cc1)C1CC1. The summed E-state index contributed by atoms with van der Waals surface area (Å²) in [5.74, 6) is 0.806. The van der Waals surface area contributed by atoms with E-state index in [0.29, 0.717) is 6.04 Å². The number of rotatable bonds is 7. The van der Waals surface area contributed by atoms with Gasteiger partial charge in [-0.1, -0.05) is 29.8 Å². The van der Waals surface area contributed by atoms with Crippen molar-refractivity contribution in [2.24, 2.45) is 5.92 Å². The maximum absolute atomic E-state index is 5.77. The lowest BCUT2D eigenvalue weighted by Gasteiger charge is -2.28. The average Bonchev–Trinajstić information content (AvgIpc) is 3.16. The highest BCUT2D eigenvalue weighted by molar-refractivity contribution is 5.25. The molecule has 2 heteroatoms. The Balaban J connectivity index is 1.99. The summed E-state index contributed by atoms with van der Waals surface area (Å²) in [4.78, 5) is 0. The number of aryl methyl sites for hydroxylation is 1. The van der Waals surface area contributed by atoms with Gasteiger partial charge >= 0.3 is 0 Å². The number of hydrogen-bond donors (Lipinski definition) is 1. The van der Waals surface area contributed by atoms with Crippen molar-refractivity contribution in [1.29, 1.82) is 0 Å². The van der Waals surface area contributed by atoms with Crippen LogP contribution in [0.5, 0.6) is 0 Å². The quantitative estimate of drug-likeness (QED) is 0.805. The van der Waals surface area contributed by atoms with Gasteiger partial charge in [-0.05, 0) is 52.0 Å². The minimum absolute atomic E-state index is 0.0907. The average molecular weight is 261 g/mol. The van der Waals surface area contributed by atoms with E-state index < -0.39 is 0 Å². The summed E-state index contributed by atoms with van der Waals surface area (Å²) in [5.41, 5.74) is 2.65. The maximum Gasteiger partial charge on any atom is 0.0750 e. The van der Waals surface area contributed by atoms with Crippen molar-refractivity contribution >= 4 is 0 Å². The van der Waals surface area contributed by atoms with E-state index in [-0.39, 0.29) is 5.60 Å². The van der Waals surface area contributed by atoms with Crippen LogP contribution in [0.15, 0.2) is 24.3 Å². The van der Waals surface area contributed by atoms with Gasteiger partial charge in [0.2, 0.25) is 0 Å². The first-order valence-electron chi connectivity index (χ1n) is 7.46. The Morgan fingerprint density at radius 3 is 2.42 bits per heavy atom. The molecule has 1 unspecified atom stereocenters. The Bertz CT molecular complexity index is 392. The lowest BCUT2D eigenvalue weighted by atomic mass is 10.00. The zero-order chi connectivity index (χ0) is 13.9. The Labute approximate surface area is 117 Å². The fraction of sp³-hybridized carbons (Fsp3) is 0.647. The van der Waals surface area contributed by atoms with Crippen molar-refractivity contribution in [1.82, 2.24) is 5.32 Å². The monoisotopic (exact) mass is 261 g/mol. The van der Waals surface area contributed by atoms with Crippen molar-refractivity contribution in [3.8, 4) is 0 Å². The molecule has 0 spiro atoms. The van der Waals surface area contributed by atoms with Gasteiger partial charge in [-0.25, -0.2) is 0 Å². The van der Waals surface area contributed by atoms with Crippen LogP contribution < -0.4 is 5.32 Å². The molecule has 0 heterocycles. The number of ether oxygens (including phenoxy) is 1. The molecule has 106 valence electrons. The molecule has 0 aromatic heterocycles.